The Balaban J connectivity index is 1.19. The largest absolute Gasteiger partial charge is 0.456 e. The fraction of sp³-hybridized carbons (Fsp3) is 0. The number of hydrogen-bond acceptors (Lipinski definition) is 4. The fourth-order valence-electron chi connectivity index (χ4n) is 7.92. The molecule has 5 heteroatoms. The van der Waals surface area contributed by atoms with Crippen LogP contribution in [0.3, 0.4) is 0 Å². The molecule has 11 rings (SSSR count). The molecule has 5 nitrogen and oxygen atoms in total. The van der Waals surface area contributed by atoms with Gasteiger partial charge in [-0.25, -0.2) is 15.0 Å². The van der Waals surface area contributed by atoms with Crippen LogP contribution in [0.1, 0.15) is 0 Å². The van der Waals surface area contributed by atoms with Gasteiger partial charge in [0.15, 0.2) is 17.5 Å². The third-order valence-corrected chi connectivity index (χ3v) is 10.4. The zero-order valence-electron chi connectivity index (χ0n) is 29.0. The Morgan fingerprint density at radius 3 is 1.81 bits per heavy atom. The van der Waals surface area contributed by atoms with Gasteiger partial charge in [-0.1, -0.05) is 140 Å². The molecule has 252 valence electrons. The van der Waals surface area contributed by atoms with Gasteiger partial charge in [-0.3, -0.25) is 0 Å². The predicted octanol–water partition coefficient (Wildman–Crippen LogP) is 12.7. The number of benzene rings is 8. The van der Waals surface area contributed by atoms with Crippen molar-refractivity contribution in [2.24, 2.45) is 0 Å². The molecule has 0 saturated heterocycles. The lowest BCUT2D eigenvalue weighted by atomic mass is 9.99. The highest BCUT2D eigenvalue weighted by atomic mass is 16.3. The van der Waals surface area contributed by atoms with Gasteiger partial charge in [0.1, 0.15) is 11.2 Å². The van der Waals surface area contributed by atoms with Crippen LogP contribution in [-0.2, 0) is 0 Å². The summed E-state index contributed by atoms with van der Waals surface area (Å²) in [4.78, 5) is 15.3. The lowest BCUT2D eigenvalue weighted by molar-refractivity contribution is 0.669. The van der Waals surface area contributed by atoms with E-state index >= 15 is 0 Å². The van der Waals surface area contributed by atoms with E-state index in [1.165, 1.54) is 16.3 Å². The number of furan rings is 1. The van der Waals surface area contributed by atoms with Crippen LogP contribution in [0.5, 0.6) is 0 Å². The summed E-state index contributed by atoms with van der Waals surface area (Å²) in [7, 11) is 0. The summed E-state index contributed by atoms with van der Waals surface area (Å²) >= 11 is 0. The summed E-state index contributed by atoms with van der Waals surface area (Å²) < 4.78 is 8.94. The molecule has 0 atom stereocenters. The molecular formula is C49H30N4O. The second kappa shape index (κ2) is 12.1. The zero-order valence-corrected chi connectivity index (χ0v) is 29.0. The number of para-hydroxylation sites is 2. The Morgan fingerprint density at radius 1 is 0.389 bits per heavy atom. The summed E-state index contributed by atoms with van der Waals surface area (Å²) in [5.74, 6) is 1.87. The van der Waals surface area contributed by atoms with E-state index in [1.807, 2.05) is 60.7 Å². The highest BCUT2D eigenvalue weighted by molar-refractivity contribution is 6.17. The van der Waals surface area contributed by atoms with Gasteiger partial charge in [-0.15, -0.1) is 0 Å². The maximum atomic E-state index is 6.57. The number of nitrogens with zero attached hydrogens (tertiary/aromatic N) is 4. The van der Waals surface area contributed by atoms with Crippen molar-refractivity contribution < 1.29 is 4.42 Å². The summed E-state index contributed by atoms with van der Waals surface area (Å²) in [6.07, 6.45) is 0. The van der Waals surface area contributed by atoms with Gasteiger partial charge in [-0.2, -0.15) is 0 Å². The molecule has 0 aliphatic rings. The molecule has 0 fully saturated rings. The SMILES string of the molecule is c1ccc(-c2nc(-c3ccccc3)nc(-c3cccc4c5ccccc5n(-c5cccc6oc7ccc(-c8ccc9ccccc9c8)cc7c56)c34)n2)cc1. The Labute approximate surface area is 310 Å². The molecule has 0 spiro atoms. The molecule has 0 N–H and O–H groups in total. The van der Waals surface area contributed by atoms with Crippen LogP contribution in [0, 0.1) is 0 Å². The van der Waals surface area contributed by atoms with Crippen LogP contribution in [0.4, 0.5) is 0 Å². The Bertz CT molecular complexity index is 3160. The third-order valence-electron chi connectivity index (χ3n) is 10.4. The highest BCUT2D eigenvalue weighted by Crippen LogP contribution is 2.42. The Kier molecular flexibility index (Phi) is 6.79. The smallest absolute Gasteiger partial charge is 0.166 e. The summed E-state index contributed by atoms with van der Waals surface area (Å²) in [6, 6.07) is 63.3. The second-order valence-electron chi connectivity index (χ2n) is 13.6. The Hall–Kier alpha value is -7.37. The minimum absolute atomic E-state index is 0.611. The summed E-state index contributed by atoms with van der Waals surface area (Å²) in [5, 5.41) is 6.83. The van der Waals surface area contributed by atoms with Crippen molar-refractivity contribution in [2.45, 2.75) is 0 Å². The molecule has 0 radical (unpaired) electrons. The summed E-state index contributed by atoms with van der Waals surface area (Å²) in [5.41, 5.74) is 9.91. The van der Waals surface area contributed by atoms with Crippen molar-refractivity contribution in [3.63, 3.8) is 0 Å². The van der Waals surface area contributed by atoms with E-state index in [9.17, 15) is 0 Å². The maximum Gasteiger partial charge on any atom is 0.166 e. The van der Waals surface area contributed by atoms with Gasteiger partial charge in [0, 0.05) is 32.8 Å². The van der Waals surface area contributed by atoms with Gasteiger partial charge in [0.25, 0.3) is 0 Å². The van der Waals surface area contributed by atoms with Gasteiger partial charge in [0.2, 0.25) is 0 Å². The first-order valence-electron chi connectivity index (χ1n) is 18.1. The molecule has 0 amide bonds. The normalized spacial score (nSPS) is 11.7. The first-order valence-corrected chi connectivity index (χ1v) is 18.1. The van der Waals surface area contributed by atoms with E-state index in [-0.39, 0.29) is 0 Å². The van der Waals surface area contributed by atoms with Gasteiger partial charge in [0.05, 0.1) is 22.1 Å². The van der Waals surface area contributed by atoms with Gasteiger partial charge in [-0.05, 0) is 64.4 Å². The molecule has 0 bridgehead atoms. The molecule has 54 heavy (non-hydrogen) atoms. The molecule has 0 unspecified atom stereocenters. The van der Waals surface area contributed by atoms with Crippen molar-refractivity contribution in [2.75, 3.05) is 0 Å². The molecule has 11 aromatic rings. The predicted molar refractivity (Wildman–Crippen MR) is 221 cm³/mol. The highest BCUT2D eigenvalue weighted by Gasteiger charge is 2.22. The minimum Gasteiger partial charge on any atom is -0.456 e. The molecule has 0 aliphatic carbocycles. The molecule has 3 aromatic heterocycles. The average molecular weight is 691 g/mol. The van der Waals surface area contributed by atoms with Crippen LogP contribution in [0.2, 0.25) is 0 Å². The van der Waals surface area contributed by atoms with E-state index in [4.69, 9.17) is 19.4 Å². The first-order chi connectivity index (χ1) is 26.8. The van der Waals surface area contributed by atoms with Crippen LogP contribution < -0.4 is 0 Å². The van der Waals surface area contributed by atoms with E-state index in [0.717, 1.165) is 71.7 Å². The number of aromatic nitrogens is 4. The van der Waals surface area contributed by atoms with Crippen molar-refractivity contribution >= 4 is 54.5 Å². The number of fused-ring (bicyclic) bond motifs is 7. The van der Waals surface area contributed by atoms with Crippen molar-refractivity contribution in [3.8, 4) is 51.0 Å². The number of hydrogen-bond donors (Lipinski definition) is 0. The second-order valence-corrected chi connectivity index (χ2v) is 13.6. The standard InChI is InChI=1S/C49H30N4O/c1-3-14-32(15-4-1)47-50-48(33-16-5-2-6-17-33)52-49(51-47)39-21-11-20-38-37-19-9-10-22-41(37)53(46(38)39)42-23-12-24-44-45(42)40-30-36(27-28-43(40)54-44)35-26-25-31-13-7-8-18-34(31)29-35/h1-30H. The van der Waals surface area contributed by atoms with Crippen LogP contribution in [0.25, 0.3) is 105 Å². The van der Waals surface area contributed by atoms with E-state index in [0.29, 0.717) is 17.5 Å². The Morgan fingerprint density at radius 2 is 1.02 bits per heavy atom. The molecule has 0 saturated carbocycles. The molecule has 3 heterocycles. The average Bonchev–Trinajstić information content (AvgIpc) is 3.80. The fourth-order valence-corrected chi connectivity index (χ4v) is 7.92. The summed E-state index contributed by atoms with van der Waals surface area (Å²) in [6.45, 7) is 0. The van der Waals surface area contributed by atoms with Crippen LogP contribution in [-0.4, -0.2) is 19.5 Å². The lowest BCUT2D eigenvalue weighted by Gasteiger charge is -2.13. The zero-order chi connectivity index (χ0) is 35.6. The van der Waals surface area contributed by atoms with Gasteiger partial charge < -0.3 is 8.98 Å². The molecule has 0 aliphatic heterocycles. The minimum atomic E-state index is 0.611. The van der Waals surface area contributed by atoms with Crippen molar-refractivity contribution in [3.05, 3.63) is 182 Å². The van der Waals surface area contributed by atoms with Crippen molar-refractivity contribution in [1.82, 2.24) is 19.5 Å². The number of rotatable bonds is 5. The van der Waals surface area contributed by atoms with E-state index < -0.39 is 0 Å². The van der Waals surface area contributed by atoms with Crippen LogP contribution in [0.15, 0.2) is 186 Å². The monoisotopic (exact) mass is 690 g/mol. The van der Waals surface area contributed by atoms with Crippen molar-refractivity contribution in [1.29, 1.82) is 0 Å². The van der Waals surface area contributed by atoms with E-state index in [1.54, 1.807) is 0 Å². The third kappa shape index (κ3) is 4.83. The molecule has 8 aromatic carbocycles. The van der Waals surface area contributed by atoms with Gasteiger partial charge >= 0.3 is 0 Å². The first kappa shape index (κ1) is 30.3. The van der Waals surface area contributed by atoms with Crippen LogP contribution >= 0.6 is 0 Å². The topological polar surface area (TPSA) is 56.7 Å². The quantitative estimate of drug-likeness (QED) is 0.180. The maximum absolute atomic E-state index is 6.57. The van der Waals surface area contributed by atoms with E-state index in [2.05, 4.69) is 126 Å². The molecular weight excluding hydrogens is 661 g/mol. The lowest BCUT2D eigenvalue weighted by Crippen LogP contribution is -2.02.